The molecule has 0 aliphatic heterocycles. The fourth-order valence-corrected chi connectivity index (χ4v) is 0.186. The van der Waals surface area contributed by atoms with Gasteiger partial charge >= 0.3 is 0 Å². The summed E-state index contributed by atoms with van der Waals surface area (Å²) in [7, 11) is 0. The largest absolute Gasteiger partial charge is 0.509 e. The maximum absolute atomic E-state index is 6.26. The smallest absolute Gasteiger partial charge is 0.293 e. The maximum Gasteiger partial charge on any atom is 0.293 e. The van der Waals surface area contributed by atoms with E-state index in [1.54, 1.807) is 12.2 Å². The molecule has 0 heterocycles. The molecule has 0 radical (unpaired) electrons. The fourth-order valence-electron chi connectivity index (χ4n) is 0.186. The maximum atomic E-state index is 6.26. The first-order valence-electron chi connectivity index (χ1n) is 2.17. The molecule has 0 aliphatic rings. The second kappa shape index (κ2) is 2.51. The van der Waals surface area contributed by atoms with Gasteiger partial charge in [-0.1, -0.05) is 12.7 Å². The van der Waals surface area contributed by atoms with E-state index in [0.29, 0.717) is 5.76 Å². The van der Waals surface area contributed by atoms with E-state index in [1.807, 2.05) is 6.92 Å². The normalized spacial score (nSPS) is 11.2. The van der Waals surface area contributed by atoms with Crippen molar-refractivity contribution < 1.29 is 5.11 Å². The Morgan fingerprint density at radius 1 is 2.17 bits per heavy atom. The van der Waals surface area contributed by atoms with Crippen LogP contribution in [-0.2, 0) is 0 Å². The Morgan fingerprint density at radius 2 is 2.83 bits per heavy atom. The van der Waals surface area contributed by atoms with Crippen molar-refractivity contribution in [1.82, 2.24) is 0 Å². The molecular formula is C5H8O. The zero-order chi connectivity index (χ0) is 5.70. The number of rotatable bonds is 2. The summed E-state index contributed by atoms with van der Waals surface area (Å²) in [5, 5.41) is 3.96. The van der Waals surface area contributed by atoms with Crippen LogP contribution in [0.4, 0.5) is 0 Å². The summed E-state index contributed by atoms with van der Waals surface area (Å²) in [6, 6.07) is 0. The Kier molecular flexibility index (Phi) is 1.45. The Balaban J connectivity index is 3.37. The van der Waals surface area contributed by atoms with Gasteiger partial charge in [0.1, 0.15) is 5.76 Å². The van der Waals surface area contributed by atoms with Gasteiger partial charge in [0, 0.05) is 0 Å². The van der Waals surface area contributed by atoms with Gasteiger partial charge in [-0.25, -0.2) is 0 Å². The molecule has 1 nitrogen and oxygen atoms in total. The summed E-state index contributed by atoms with van der Waals surface area (Å²) in [5.74, 6) is 0.363. The second-order valence-electron chi connectivity index (χ2n) is 0.966. The molecule has 0 bridgehead atoms. The highest BCUT2D eigenvalue weighted by atomic mass is 16.3. The van der Waals surface area contributed by atoms with Crippen molar-refractivity contribution >= 4 is 0 Å². The van der Waals surface area contributed by atoms with Crippen molar-refractivity contribution in [2.24, 2.45) is 0 Å². The first kappa shape index (κ1) is 3.47. The van der Waals surface area contributed by atoms with Crippen LogP contribution in [0.3, 0.4) is 0 Å². The minimum atomic E-state index is 0.363. The summed E-state index contributed by atoms with van der Waals surface area (Å²) in [6.45, 7) is 5.20. The molecule has 0 aromatic heterocycles. The van der Waals surface area contributed by atoms with Crippen molar-refractivity contribution in [3.05, 3.63) is 24.5 Å². The molecule has 0 spiro atoms. The number of aliphatic hydroxyl groups is 1. The van der Waals surface area contributed by atoms with Crippen LogP contribution in [0.1, 0.15) is 6.92 Å². The van der Waals surface area contributed by atoms with Crippen LogP contribution < -0.4 is 0 Å². The van der Waals surface area contributed by atoms with Gasteiger partial charge in [0.15, 0.2) is 0 Å². The predicted octanol–water partition coefficient (Wildman–Crippen LogP) is 1.63. The molecule has 6 heavy (non-hydrogen) atoms. The molecule has 0 atom stereocenters. The van der Waals surface area contributed by atoms with Gasteiger partial charge in [0.05, 0.1) is 0 Å². The molecule has 0 saturated heterocycles. The third kappa shape index (κ3) is 3.28. The standard InChI is InChI=1S/C5H8O/c1-3-4-5(2)6/h3-4,6H,2H2,1H3/b4-3+/i/hT. The number of aliphatic hydroxyl groups excluding tert-OH is 1. The Bertz CT molecular complexity index is 86.1. The molecule has 0 rings (SSSR count). The van der Waals surface area contributed by atoms with Gasteiger partial charge in [-0.2, -0.15) is 0 Å². The van der Waals surface area contributed by atoms with Crippen LogP contribution in [0.25, 0.3) is 1.43 Å². The van der Waals surface area contributed by atoms with E-state index < -0.39 is 0 Å². The van der Waals surface area contributed by atoms with Gasteiger partial charge in [-0.05, 0) is 13.0 Å². The second-order valence-corrected chi connectivity index (χ2v) is 0.966. The van der Waals surface area contributed by atoms with Crippen molar-refractivity contribution in [3.63, 3.8) is 0 Å². The van der Waals surface area contributed by atoms with Gasteiger partial charge in [-0.15, -0.1) is 0 Å². The van der Waals surface area contributed by atoms with Gasteiger partial charge in [0.25, 0.3) is 1.43 Å². The van der Waals surface area contributed by atoms with Crippen molar-refractivity contribution in [3.8, 4) is 0 Å². The highest BCUT2D eigenvalue weighted by molar-refractivity contribution is 5.03. The Hall–Kier alpha value is -0.720. The van der Waals surface area contributed by atoms with E-state index in [9.17, 15) is 0 Å². The monoisotopic (exact) mass is 86.1 g/mol. The molecule has 0 aromatic carbocycles. The number of hydrogen-bond donors (Lipinski definition) is 1. The molecule has 0 fully saturated rings. The first-order valence-corrected chi connectivity index (χ1v) is 1.76. The highest BCUT2D eigenvalue weighted by Crippen LogP contribution is 1.80. The zero-order valence-electron chi connectivity index (χ0n) is 4.77. The average Bonchev–Trinajstić information content (AvgIpc) is 1.68. The van der Waals surface area contributed by atoms with E-state index >= 15 is 0 Å². The molecule has 0 aliphatic carbocycles. The highest BCUT2D eigenvalue weighted by Gasteiger charge is 1.66. The minimum absolute atomic E-state index is 0.363. The van der Waals surface area contributed by atoms with Crippen molar-refractivity contribution in [2.75, 3.05) is 0 Å². The molecule has 0 aromatic rings. The van der Waals surface area contributed by atoms with Crippen LogP contribution in [0, 0.1) is 0 Å². The molecule has 1 N–H and O–H groups in total. The third-order valence-corrected chi connectivity index (χ3v) is 0.353. The van der Waals surface area contributed by atoms with Crippen LogP contribution in [-0.4, -0.2) is 5.11 Å². The summed E-state index contributed by atoms with van der Waals surface area (Å²) in [6.07, 6.45) is 3.38. The van der Waals surface area contributed by atoms with E-state index in [2.05, 4.69) is 11.7 Å². The van der Waals surface area contributed by atoms with Gasteiger partial charge < -0.3 is 5.11 Å². The first-order chi connectivity index (χ1) is 3.31. The predicted molar refractivity (Wildman–Crippen MR) is 26.6 cm³/mol. The summed E-state index contributed by atoms with van der Waals surface area (Å²) in [4.78, 5) is 0. The Labute approximate surface area is 39.1 Å². The molecule has 0 amide bonds. The quantitative estimate of drug-likeness (QED) is 0.400. The summed E-state index contributed by atoms with van der Waals surface area (Å²) >= 11 is 0. The van der Waals surface area contributed by atoms with Crippen LogP contribution >= 0.6 is 0 Å². The number of hydrogen-bond acceptors (Lipinski definition) is 1. The van der Waals surface area contributed by atoms with E-state index in [-0.39, 0.29) is 0 Å². The lowest BCUT2D eigenvalue weighted by atomic mass is 10.5. The van der Waals surface area contributed by atoms with Crippen LogP contribution in [0.5, 0.6) is 0 Å². The van der Waals surface area contributed by atoms with Crippen LogP contribution in [0.15, 0.2) is 24.5 Å². The summed E-state index contributed by atoms with van der Waals surface area (Å²) < 4.78 is 6.26. The van der Waals surface area contributed by atoms with E-state index in [1.165, 1.54) is 0 Å². The SMILES string of the molecule is [3H]OC(=C)/C=C/C. The minimum Gasteiger partial charge on any atom is -0.509 e. The van der Waals surface area contributed by atoms with Crippen LogP contribution in [0.2, 0.25) is 0 Å². The number of allylic oxidation sites excluding steroid dienone is 2. The van der Waals surface area contributed by atoms with Crippen molar-refractivity contribution in [1.29, 1.82) is 1.43 Å². The van der Waals surface area contributed by atoms with Gasteiger partial charge in [0.2, 0.25) is 0 Å². The lowest BCUT2D eigenvalue weighted by molar-refractivity contribution is 0.435. The molecule has 0 unspecified atom stereocenters. The molecule has 34 valence electrons. The topological polar surface area (TPSA) is 20.2 Å². The lowest BCUT2D eigenvalue weighted by Crippen LogP contribution is -1.62. The Morgan fingerprint density at radius 3 is 3.00 bits per heavy atom. The van der Waals surface area contributed by atoms with E-state index in [0.717, 1.165) is 0 Å². The third-order valence-electron chi connectivity index (χ3n) is 0.353. The van der Waals surface area contributed by atoms with Gasteiger partial charge in [-0.3, -0.25) is 0 Å². The summed E-state index contributed by atoms with van der Waals surface area (Å²) in [5.41, 5.74) is 0. The lowest BCUT2D eigenvalue weighted by Gasteiger charge is -1.76. The molecule has 1 heteroatoms. The molecule has 0 saturated carbocycles. The van der Waals surface area contributed by atoms with E-state index in [4.69, 9.17) is 1.43 Å². The zero-order valence-corrected chi connectivity index (χ0v) is 3.77. The van der Waals surface area contributed by atoms with Crippen molar-refractivity contribution in [2.45, 2.75) is 6.92 Å². The molecular weight excluding hydrogens is 76.1 g/mol. The average molecular weight is 86.1 g/mol. The fraction of sp³-hybridized carbons (Fsp3) is 0.200.